The van der Waals surface area contributed by atoms with Gasteiger partial charge in [-0.15, -0.1) is 0 Å². The fourth-order valence-corrected chi connectivity index (χ4v) is 2.44. The summed E-state index contributed by atoms with van der Waals surface area (Å²) in [4.78, 5) is 2.36. The molecule has 0 radical (unpaired) electrons. The smallest absolute Gasteiger partial charge is 0.0231 e. The third-order valence-electron chi connectivity index (χ3n) is 3.34. The average Bonchev–Trinajstić information content (AvgIpc) is 2.82. The van der Waals surface area contributed by atoms with Crippen molar-refractivity contribution in [3.63, 3.8) is 0 Å². The molecule has 0 amide bonds. The molecule has 2 rings (SSSR count). The molecule has 0 bridgehead atoms. The second-order valence-corrected chi connectivity index (χ2v) is 4.96. The highest BCUT2D eigenvalue weighted by atomic mass is 15.1. The van der Waals surface area contributed by atoms with Gasteiger partial charge < -0.3 is 10.2 Å². The van der Waals surface area contributed by atoms with Crippen LogP contribution in [0.2, 0.25) is 0 Å². The molecule has 0 spiro atoms. The van der Waals surface area contributed by atoms with Crippen LogP contribution < -0.4 is 5.32 Å². The van der Waals surface area contributed by atoms with Crippen LogP contribution in [-0.2, 0) is 0 Å². The first-order chi connectivity index (χ1) is 8.25. The Balaban J connectivity index is 1.81. The Kier molecular flexibility index (Phi) is 4.35. The van der Waals surface area contributed by atoms with Crippen molar-refractivity contribution in [2.75, 3.05) is 26.7 Å². The summed E-state index contributed by atoms with van der Waals surface area (Å²) in [7, 11) is 2.17. The summed E-state index contributed by atoms with van der Waals surface area (Å²) in [5.74, 6) is 0. The van der Waals surface area contributed by atoms with Crippen molar-refractivity contribution < 1.29 is 0 Å². The molecule has 1 aliphatic heterocycles. The summed E-state index contributed by atoms with van der Waals surface area (Å²) in [5, 5.41) is 3.53. The predicted octanol–water partition coefficient (Wildman–Crippen LogP) is 2.38. The van der Waals surface area contributed by atoms with Gasteiger partial charge in [0.2, 0.25) is 0 Å². The normalized spacial score (nSPS) is 19.8. The van der Waals surface area contributed by atoms with E-state index in [1.165, 1.54) is 30.5 Å². The third-order valence-corrected chi connectivity index (χ3v) is 3.34. The molecule has 1 saturated heterocycles. The maximum Gasteiger partial charge on any atom is 0.0231 e. The summed E-state index contributed by atoms with van der Waals surface area (Å²) in [6.45, 7) is 7.42. The van der Waals surface area contributed by atoms with Crippen LogP contribution in [0.25, 0.3) is 5.57 Å². The topological polar surface area (TPSA) is 15.3 Å². The second kappa shape index (κ2) is 5.99. The van der Waals surface area contributed by atoms with Gasteiger partial charge >= 0.3 is 0 Å². The zero-order chi connectivity index (χ0) is 12.1. The highest BCUT2D eigenvalue weighted by Gasteiger charge is 2.16. The number of likely N-dealkylation sites (N-methyl/N-ethyl adjacent to an activating group) is 1. The molecule has 92 valence electrons. The molecule has 0 aromatic heterocycles. The van der Waals surface area contributed by atoms with Crippen LogP contribution in [0.1, 0.15) is 18.4 Å². The van der Waals surface area contributed by atoms with Crippen molar-refractivity contribution in [1.29, 1.82) is 0 Å². The van der Waals surface area contributed by atoms with E-state index in [0.717, 1.165) is 13.1 Å². The van der Waals surface area contributed by atoms with Gasteiger partial charge in [0.25, 0.3) is 0 Å². The van der Waals surface area contributed by atoms with E-state index in [1.807, 2.05) is 6.07 Å². The van der Waals surface area contributed by atoms with Crippen LogP contribution in [0.4, 0.5) is 0 Å². The first kappa shape index (κ1) is 12.3. The van der Waals surface area contributed by atoms with Gasteiger partial charge in [-0.3, -0.25) is 0 Å². The number of benzene rings is 1. The Morgan fingerprint density at radius 2 is 2.18 bits per heavy atom. The Morgan fingerprint density at radius 3 is 2.82 bits per heavy atom. The first-order valence-corrected chi connectivity index (χ1v) is 6.41. The van der Waals surface area contributed by atoms with Gasteiger partial charge in [0, 0.05) is 19.1 Å². The van der Waals surface area contributed by atoms with Crippen molar-refractivity contribution in [1.82, 2.24) is 10.2 Å². The lowest BCUT2D eigenvalue weighted by Gasteiger charge is -2.22. The molecule has 1 aromatic carbocycles. The number of nitrogens with zero attached hydrogens (tertiary/aromatic N) is 1. The van der Waals surface area contributed by atoms with Crippen LogP contribution in [0.15, 0.2) is 36.9 Å². The molecule has 0 saturated carbocycles. The Labute approximate surface area is 104 Å². The van der Waals surface area contributed by atoms with Crippen molar-refractivity contribution in [3.8, 4) is 0 Å². The molecule has 1 fully saturated rings. The van der Waals surface area contributed by atoms with Gasteiger partial charge in [0.15, 0.2) is 0 Å². The highest BCUT2D eigenvalue weighted by molar-refractivity contribution is 5.64. The summed E-state index contributed by atoms with van der Waals surface area (Å²) < 4.78 is 0. The molecule has 1 heterocycles. The third kappa shape index (κ3) is 3.69. The summed E-state index contributed by atoms with van der Waals surface area (Å²) in [5.41, 5.74) is 2.45. The van der Waals surface area contributed by atoms with Gasteiger partial charge in [0.1, 0.15) is 0 Å². The number of hydrogen-bond acceptors (Lipinski definition) is 2. The van der Waals surface area contributed by atoms with Crippen LogP contribution in [-0.4, -0.2) is 37.6 Å². The molecule has 1 unspecified atom stereocenters. The van der Waals surface area contributed by atoms with Crippen molar-refractivity contribution in [3.05, 3.63) is 42.5 Å². The lowest BCUT2D eigenvalue weighted by molar-refractivity contribution is 0.332. The first-order valence-electron chi connectivity index (χ1n) is 6.41. The maximum atomic E-state index is 4.18. The van der Waals surface area contributed by atoms with Crippen molar-refractivity contribution in [2.24, 2.45) is 0 Å². The average molecular weight is 230 g/mol. The standard InChI is InChI=1S/C15H22N2/c1-13(14-7-4-3-5-8-14)11-17(2)12-15-9-6-10-16-15/h3-5,7-8,15-16H,1,6,9-12H2,2H3. The second-order valence-electron chi connectivity index (χ2n) is 4.96. The van der Waals surface area contributed by atoms with E-state index in [1.54, 1.807) is 0 Å². The van der Waals surface area contributed by atoms with Gasteiger partial charge in [-0.1, -0.05) is 36.9 Å². The molecule has 2 nitrogen and oxygen atoms in total. The van der Waals surface area contributed by atoms with E-state index in [0.29, 0.717) is 6.04 Å². The highest BCUT2D eigenvalue weighted by Crippen LogP contribution is 2.13. The quantitative estimate of drug-likeness (QED) is 0.835. The van der Waals surface area contributed by atoms with E-state index in [9.17, 15) is 0 Å². The van der Waals surface area contributed by atoms with Crippen molar-refractivity contribution in [2.45, 2.75) is 18.9 Å². The van der Waals surface area contributed by atoms with Crippen molar-refractivity contribution >= 4 is 5.57 Å². The molecule has 1 N–H and O–H groups in total. The van der Waals surface area contributed by atoms with E-state index >= 15 is 0 Å². The molecule has 17 heavy (non-hydrogen) atoms. The van der Waals surface area contributed by atoms with Gasteiger partial charge in [0.05, 0.1) is 0 Å². The zero-order valence-corrected chi connectivity index (χ0v) is 10.7. The van der Waals surface area contributed by atoms with E-state index < -0.39 is 0 Å². The number of rotatable bonds is 5. The van der Waals surface area contributed by atoms with Crippen LogP contribution in [0.5, 0.6) is 0 Å². The Hall–Kier alpha value is -1.12. The fraction of sp³-hybridized carbons (Fsp3) is 0.467. The molecular formula is C15H22N2. The summed E-state index contributed by atoms with van der Waals surface area (Å²) in [6.07, 6.45) is 2.63. The van der Waals surface area contributed by atoms with E-state index in [-0.39, 0.29) is 0 Å². The molecule has 0 aliphatic carbocycles. The summed E-state index contributed by atoms with van der Waals surface area (Å²) in [6, 6.07) is 11.1. The summed E-state index contributed by atoms with van der Waals surface area (Å²) >= 11 is 0. The molecule has 2 heteroatoms. The molecular weight excluding hydrogens is 208 g/mol. The van der Waals surface area contributed by atoms with E-state index in [2.05, 4.69) is 48.1 Å². The van der Waals surface area contributed by atoms with Gasteiger partial charge in [-0.25, -0.2) is 0 Å². The Morgan fingerprint density at radius 1 is 1.41 bits per heavy atom. The minimum absolute atomic E-state index is 0.670. The maximum absolute atomic E-state index is 4.18. The number of nitrogens with one attached hydrogen (secondary N) is 1. The predicted molar refractivity (Wildman–Crippen MR) is 74.0 cm³/mol. The van der Waals surface area contributed by atoms with Crippen LogP contribution in [0.3, 0.4) is 0 Å². The molecule has 1 aromatic rings. The van der Waals surface area contributed by atoms with E-state index in [4.69, 9.17) is 0 Å². The zero-order valence-electron chi connectivity index (χ0n) is 10.7. The SMILES string of the molecule is C=C(CN(C)CC1CCCN1)c1ccccc1. The lowest BCUT2D eigenvalue weighted by Crippen LogP contribution is -2.35. The molecule has 1 atom stereocenters. The minimum atomic E-state index is 0.670. The fourth-order valence-electron chi connectivity index (χ4n) is 2.44. The number of hydrogen-bond donors (Lipinski definition) is 1. The lowest BCUT2D eigenvalue weighted by atomic mass is 10.1. The Bertz CT molecular complexity index is 352. The van der Waals surface area contributed by atoms with Crippen LogP contribution >= 0.6 is 0 Å². The molecule has 1 aliphatic rings. The minimum Gasteiger partial charge on any atom is -0.313 e. The largest absolute Gasteiger partial charge is 0.313 e. The van der Waals surface area contributed by atoms with Gasteiger partial charge in [-0.2, -0.15) is 0 Å². The monoisotopic (exact) mass is 230 g/mol. The van der Waals surface area contributed by atoms with Gasteiger partial charge in [-0.05, 0) is 37.6 Å². The van der Waals surface area contributed by atoms with Crippen LogP contribution in [0, 0.1) is 0 Å².